The van der Waals surface area contributed by atoms with Crippen LogP contribution >= 0.6 is 0 Å². The first-order valence-corrected chi connectivity index (χ1v) is 6.92. The van der Waals surface area contributed by atoms with Gasteiger partial charge in [-0.05, 0) is 30.5 Å². The summed E-state index contributed by atoms with van der Waals surface area (Å²) in [5.74, 6) is -0.684. The average Bonchev–Trinajstić information content (AvgIpc) is 2.44. The molecule has 0 unspecified atom stereocenters. The minimum Gasteiger partial charge on any atom is -0.496 e. The van der Waals surface area contributed by atoms with Gasteiger partial charge in [0.2, 0.25) is 0 Å². The van der Waals surface area contributed by atoms with Gasteiger partial charge in [0.25, 0.3) is 0 Å². The van der Waals surface area contributed by atoms with Crippen LogP contribution < -0.4 is 4.74 Å². The van der Waals surface area contributed by atoms with E-state index >= 15 is 0 Å². The number of ether oxygens (including phenoxy) is 1. The number of carbonyl (C=O) groups is 2. The second-order valence-corrected chi connectivity index (χ2v) is 5.00. The van der Waals surface area contributed by atoms with Gasteiger partial charge in [-0.3, -0.25) is 9.59 Å². The van der Waals surface area contributed by atoms with Crippen LogP contribution in [0.25, 0.3) is 0 Å². The molecule has 0 aliphatic rings. The van der Waals surface area contributed by atoms with E-state index in [-0.39, 0.29) is 5.78 Å². The lowest BCUT2D eigenvalue weighted by Gasteiger charge is -2.11. The summed E-state index contributed by atoms with van der Waals surface area (Å²) in [6.07, 6.45) is 2.77. The highest BCUT2D eigenvalue weighted by Crippen LogP contribution is 2.24. The molecule has 0 saturated heterocycles. The van der Waals surface area contributed by atoms with Gasteiger partial charge in [0.15, 0.2) is 5.78 Å². The van der Waals surface area contributed by atoms with Gasteiger partial charge < -0.3 is 9.84 Å². The third-order valence-electron chi connectivity index (χ3n) is 3.29. The Balaban J connectivity index is 2.90. The van der Waals surface area contributed by atoms with E-state index in [4.69, 9.17) is 9.84 Å². The van der Waals surface area contributed by atoms with E-state index in [1.165, 1.54) is 7.11 Å². The molecule has 4 heteroatoms. The van der Waals surface area contributed by atoms with E-state index in [1.54, 1.807) is 25.1 Å². The molecule has 0 bridgehead atoms. The summed E-state index contributed by atoms with van der Waals surface area (Å²) in [6.45, 7) is 3.70. The molecule has 0 heterocycles. The minimum absolute atomic E-state index is 0.0709. The van der Waals surface area contributed by atoms with Crippen molar-refractivity contribution in [1.82, 2.24) is 0 Å². The SMILES string of the molecule is CCCCC(=O)c1ccc(C[C@H](C)C(=O)O)cc1OC. The predicted octanol–water partition coefficient (Wildman–Crippen LogP) is 3.33. The van der Waals surface area contributed by atoms with Gasteiger partial charge in [0.05, 0.1) is 18.6 Å². The fourth-order valence-electron chi connectivity index (χ4n) is 2.01. The Bertz CT molecular complexity index is 479. The maximum atomic E-state index is 12.1. The Hall–Kier alpha value is -1.84. The largest absolute Gasteiger partial charge is 0.496 e. The summed E-state index contributed by atoms with van der Waals surface area (Å²) >= 11 is 0. The van der Waals surface area contributed by atoms with Gasteiger partial charge >= 0.3 is 5.97 Å². The average molecular weight is 278 g/mol. The van der Waals surface area contributed by atoms with Crippen LogP contribution in [0, 0.1) is 5.92 Å². The Labute approximate surface area is 119 Å². The van der Waals surface area contributed by atoms with Crippen LogP contribution in [0.5, 0.6) is 5.75 Å². The lowest BCUT2D eigenvalue weighted by molar-refractivity contribution is -0.141. The number of rotatable bonds is 8. The number of Topliss-reactive ketones (excluding diaryl/α,β-unsaturated/α-hetero) is 1. The van der Waals surface area contributed by atoms with Crippen LogP contribution in [0.15, 0.2) is 18.2 Å². The van der Waals surface area contributed by atoms with Crippen LogP contribution in [-0.4, -0.2) is 24.0 Å². The number of carbonyl (C=O) groups excluding carboxylic acids is 1. The number of benzene rings is 1. The molecule has 0 aromatic heterocycles. The monoisotopic (exact) mass is 278 g/mol. The lowest BCUT2D eigenvalue weighted by Crippen LogP contribution is -2.12. The topological polar surface area (TPSA) is 63.6 Å². The van der Waals surface area contributed by atoms with Crippen molar-refractivity contribution in [1.29, 1.82) is 0 Å². The molecular formula is C16H22O4. The molecule has 1 N–H and O–H groups in total. The minimum atomic E-state index is -0.827. The molecule has 4 nitrogen and oxygen atoms in total. The number of carboxylic acids is 1. The number of ketones is 1. The predicted molar refractivity (Wildman–Crippen MR) is 77.4 cm³/mol. The van der Waals surface area contributed by atoms with Crippen molar-refractivity contribution in [2.24, 2.45) is 5.92 Å². The first kappa shape index (κ1) is 16.2. The van der Waals surface area contributed by atoms with E-state index in [0.29, 0.717) is 24.2 Å². The van der Waals surface area contributed by atoms with Crippen molar-refractivity contribution in [2.45, 2.75) is 39.5 Å². The fraction of sp³-hybridized carbons (Fsp3) is 0.500. The number of unbranched alkanes of at least 4 members (excludes halogenated alkanes) is 1. The normalized spacial score (nSPS) is 11.9. The molecule has 0 radical (unpaired) electrons. The molecule has 0 aliphatic carbocycles. The molecule has 20 heavy (non-hydrogen) atoms. The summed E-state index contributed by atoms with van der Waals surface area (Å²) in [5, 5.41) is 8.92. The van der Waals surface area contributed by atoms with Gasteiger partial charge in [0.1, 0.15) is 5.75 Å². The van der Waals surface area contributed by atoms with Crippen LogP contribution in [0.2, 0.25) is 0 Å². The number of hydrogen-bond donors (Lipinski definition) is 1. The molecule has 1 rings (SSSR count). The van der Waals surface area contributed by atoms with Crippen molar-refractivity contribution in [3.05, 3.63) is 29.3 Å². The zero-order valence-corrected chi connectivity index (χ0v) is 12.3. The molecule has 1 aromatic carbocycles. The van der Waals surface area contributed by atoms with Gasteiger partial charge in [0, 0.05) is 6.42 Å². The highest BCUT2D eigenvalue weighted by atomic mass is 16.5. The number of hydrogen-bond acceptors (Lipinski definition) is 3. The molecule has 0 amide bonds. The summed E-state index contributed by atoms with van der Waals surface area (Å²) in [5.41, 5.74) is 1.44. The second-order valence-electron chi connectivity index (χ2n) is 5.00. The van der Waals surface area contributed by atoms with Crippen LogP contribution in [-0.2, 0) is 11.2 Å². The maximum Gasteiger partial charge on any atom is 0.306 e. The Kier molecular flexibility index (Phi) is 6.22. The van der Waals surface area contributed by atoms with E-state index in [2.05, 4.69) is 0 Å². The Morgan fingerprint density at radius 3 is 2.60 bits per heavy atom. The van der Waals surface area contributed by atoms with Crippen LogP contribution in [0.1, 0.15) is 49.0 Å². The van der Waals surface area contributed by atoms with Crippen molar-refractivity contribution >= 4 is 11.8 Å². The zero-order valence-electron chi connectivity index (χ0n) is 12.3. The van der Waals surface area contributed by atoms with Gasteiger partial charge in [-0.25, -0.2) is 0 Å². The standard InChI is InChI=1S/C16H22O4/c1-4-5-6-14(17)13-8-7-12(10-15(13)20-3)9-11(2)16(18)19/h7-8,10-11H,4-6,9H2,1-3H3,(H,18,19)/t11-/m0/s1. The highest BCUT2D eigenvalue weighted by molar-refractivity contribution is 5.98. The quantitative estimate of drug-likeness (QED) is 0.741. The van der Waals surface area contributed by atoms with Crippen molar-refractivity contribution in [3.63, 3.8) is 0 Å². The third kappa shape index (κ3) is 4.37. The van der Waals surface area contributed by atoms with Crippen molar-refractivity contribution in [3.8, 4) is 5.75 Å². The second kappa shape index (κ2) is 7.68. The van der Waals surface area contributed by atoms with Gasteiger partial charge in [-0.1, -0.05) is 26.3 Å². The lowest BCUT2D eigenvalue weighted by atomic mass is 9.97. The maximum absolute atomic E-state index is 12.1. The molecule has 1 atom stereocenters. The molecule has 110 valence electrons. The summed E-state index contributed by atoms with van der Waals surface area (Å²) in [7, 11) is 1.52. The van der Waals surface area contributed by atoms with E-state index in [1.807, 2.05) is 6.92 Å². The van der Waals surface area contributed by atoms with Crippen molar-refractivity contribution in [2.75, 3.05) is 7.11 Å². The van der Waals surface area contributed by atoms with E-state index in [9.17, 15) is 9.59 Å². The number of methoxy groups -OCH3 is 1. The molecule has 0 aliphatic heterocycles. The van der Waals surface area contributed by atoms with Gasteiger partial charge in [-0.15, -0.1) is 0 Å². The van der Waals surface area contributed by atoms with E-state index < -0.39 is 11.9 Å². The molecular weight excluding hydrogens is 256 g/mol. The Morgan fingerprint density at radius 1 is 1.35 bits per heavy atom. The van der Waals surface area contributed by atoms with Crippen LogP contribution in [0.4, 0.5) is 0 Å². The van der Waals surface area contributed by atoms with Gasteiger partial charge in [-0.2, -0.15) is 0 Å². The smallest absolute Gasteiger partial charge is 0.306 e. The fourth-order valence-corrected chi connectivity index (χ4v) is 2.01. The summed E-state index contributed by atoms with van der Waals surface area (Å²) in [4.78, 5) is 22.9. The molecule has 0 saturated carbocycles. The van der Waals surface area contributed by atoms with E-state index in [0.717, 1.165) is 18.4 Å². The first-order chi connectivity index (χ1) is 9.49. The molecule has 0 fully saturated rings. The molecule has 0 spiro atoms. The third-order valence-corrected chi connectivity index (χ3v) is 3.29. The van der Waals surface area contributed by atoms with Crippen molar-refractivity contribution < 1.29 is 19.4 Å². The number of aliphatic carboxylic acids is 1. The summed E-state index contributed by atoms with van der Waals surface area (Å²) < 4.78 is 5.26. The highest BCUT2D eigenvalue weighted by Gasteiger charge is 2.15. The number of carboxylic acid groups (broad SMARTS) is 1. The summed E-state index contributed by atoms with van der Waals surface area (Å²) in [6, 6.07) is 5.31. The molecule has 1 aromatic rings. The zero-order chi connectivity index (χ0) is 15.1. The van der Waals surface area contributed by atoms with Crippen LogP contribution in [0.3, 0.4) is 0 Å². The Morgan fingerprint density at radius 2 is 2.05 bits per heavy atom. The first-order valence-electron chi connectivity index (χ1n) is 6.92.